The lowest BCUT2D eigenvalue weighted by Gasteiger charge is -2.10. The molecule has 0 radical (unpaired) electrons. The van der Waals surface area contributed by atoms with Gasteiger partial charge in [0.15, 0.2) is 0 Å². The van der Waals surface area contributed by atoms with Crippen LogP contribution in [-0.2, 0) is 6.37 Å². The minimum atomic E-state index is -5.13. The van der Waals surface area contributed by atoms with Crippen LogP contribution in [0.5, 0.6) is 0 Å². The summed E-state index contributed by atoms with van der Waals surface area (Å²) in [6.45, 7) is -2.34. The molecule has 0 N–H and O–H groups in total. The molecule has 0 unspecified atom stereocenters. The summed E-state index contributed by atoms with van der Waals surface area (Å²) in [6.07, 6.45) is -7.55. The van der Waals surface area contributed by atoms with Gasteiger partial charge >= 0.3 is 6.18 Å². The van der Waals surface area contributed by atoms with Crippen molar-refractivity contribution in [2.75, 3.05) is 0 Å². The Kier molecular flexibility index (Phi) is 2.46. The number of hydrogen-bond acceptors (Lipinski definition) is 2. The van der Waals surface area contributed by atoms with E-state index in [2.05, 4.69) is 4.98 Å². The van der Waals surface area contributed by atoms with Crippen LogP contribution in [0.25, 0.3) is 33.2 Å². The van der Waals surface area contributed by atoms with E-state index in [1.807, 2.05) is 0 Å². The standard InChI is InChI=1S/C20H14F3NO/c1-12-6-9-16(24-11-12)14-8-7-13(10-20(21,22)23)18-15-4-2-3-5-17(15)25-19(14)18/h2-9,11H,10H2,1H3/i1D3,10D2. The lowest BCUT2D eigenvalue weighted by atomic mass is 9.99. The second kappa shape index (κ2) is 5.62. The van der Waals surface area contributed by atoms with Gasteiger partial charge in [0, 0.05) is 29.4 Å². The van der Waals surface area contributed by atoms with Crippen molar-refractivity contribution in [3.63, 3.8) is 0 Å². The maximum absolute atomic E-state index is 13.5. The molecule has 0 saturated carbocycles. The molecule has 126 valence electrons. The van der Waals surface area contributed by atoms with Gasteiger partial charge in [0.2, 0.25) is 0 Å². The monoisotopic (exact) mass is 346 g/mol. The van der Waals surface area contributed by atoms with Crippen molar-refractivity contribution in [2.24, 2.45) is 0 Å². The van der Waals surface area contributed by atoms with Crippen LogP contribution in [0.2, 0.25) is 0 Å². The summed E-state index contributed by atoms with van der Waals surface area (Å²) >= 11 is 0. The summed E-state index contributed by atoms with van der Waals surface area (Å²) < 4.78 is 83.9. The largest absolute Gasteiger partial charge is 0.455 e. The van der Waals surface area contributed by atoms with Crippen LogP contribution in [0.3, 0.4) is 0 Å². The van der Waals surface area contributed by atoms with Crippen LogP contribution >= 0.6 is 0 Å². The highest BCUT2D eigenvalue weighted by Crippen LogP contribution is 2.39. The molecule has 0 aliphatic heterocycles. The number of rotatable bonds is 2. The number of nitrogens with zero attached hydrogens (tertiary/aromatic N) is 1. The highest BCUT2D eigenvalue weighted by atomic mass is 19.4. The summed E-state index contributed by atoms with van der Waals surface area (Å²) in [4.78, 5) is 4.14. The van der Waals surface area contributed by atoms with E-state index in [-0.39, 0.29) is 16.5 Å². The molecule has 25 heavy (non-hydrogen) atoms. The molecular formula is C20H14F3NO. The number of fused-ring (bicyclic) bond motifs is 3. The first kappa shape index (κ1) is 10.9. The predicted octanol–water partition coefficient (Wildman–Crippen LogP) is 6.06. The van der Waals surface area contributed by atoms with Crippen LogP contribution in [0.4, 0.5) is 13.2 Å². The minimum absolute atomic E-state index is 0.00660. The molecule has 0 fully saturated rings. The first-order chi connectivity index (χ1) is 13.9. The molecule has 0 spiro atoms. The van der Waals surface area contributed by atoms with Gasteiger partial charge in [0.05, 0.1) is 12.1 Å². The summed E-state index contributed by atoms with van der Waals surface area (Å²) in [7, 11) is 0. The third-order valence-corrected chi connectivity index (χ3v) is 3.84. The number of pyridine rings is 1. The van der Waals surface area contributed by atoms with Gasteiger partial charge in [0.1, 0.15) is 11.2 Å². The van der Waals surface area contributed by atoms with E-state index in [1.165, 1.54) is 24.4 Å². The van der Waals surface area contributed by atoms with Crippen LogP contribution in [0.1, 0.15) is 18.0 Å². The van der Waals surface area contributed by atoms with Crippen molar-refractivity contribution < 1.29 is 24.4 Å². The SMILES string of the molecule is [2H]C([2H])([2H])c1ccc(-c2ccc(C([2H])([2H])C(F)(F)F)c3c2oc2ccccc23)nc1. The van der Waals surface area contributed by atoms with Gasteiger partial charge in [0.25, 0.3) is 0 Å². The van der Waals surface area contributed by atoms with Gasteiger partial charge in [-0.05, 0) is 36.2 Å². The molecule has 2 aromatic carbocycles. The zero-order chi connectivity index (χ0) is 21.9. The van der Waals surface area contributed by atoms with E-state index < -0.39 is 25.0 Å². The Hall–Kier alpha value is -2.82. The Morgan fingerprint density at radius 3 is 2.68 bits per heavy atom. The molecule has 2 heterocycles. The predicted molar refractivity (Wildman–Crippen MR) is 91.4 cm³/mol. The van der Waals surface area contributed by atoms with Crippen LogP contribution in [-0.4, -0.2) is 11.2 Å². The van der Waals surface area contributed by atoms with Crippen LogP contribution < -0.4 is 0 Å². The van der Waals surface area contributed by atoms with Gasteiger partial charge in [-0.2, -0.15) is 13.2 Å². The lowest BCUT2D eigenvalue weighted by molar-refractivity contribution is -0.126. The lowest BCUT2D eigenvalue weighted by Crippen LogP contribution is -2.11. The van der Waals surface area contributed by atoms with Crippen molar-refractivity contribution in [1.29, 1.82) is 0 Å². The Bertz CT molecular complexity index is 1240. The van der Waals surface area contributed by atoms with E-state index in [4.69, 9.17) is 11.3 Å². The summed E-state index contributed by atoms with van der Waals surface area (Å²) in [5.74, 6) is 0. The van der Waals surface area contributed by atoms with E-state index in [1.54, 1.807) is 24.3 Å². The third kappa shape index (κ3) is 2.86. The Labute approximate surface area is 148 Å². The maximum Gasteiger partial charge on any atom is 0.393 e. The molecule has 5 heteroatoms. The number of alkyl halides is 3. The van der Waals surface area contributed by atoms with E-state index in [0.29, 0.717) is 22.2 Å². The summed E-state index contributed by atoms with van der Waals surface area (Å²) in [6, 6.07) is 11.6. The number of para-hydroxylation sites is 1. The molecule has 0 amide bonds. The minimum Gasteiger partial charge on any atom is -0.455 e. The maximum atomic E-state index is 13.5. The van der Waals surface area contributed by atoms with Gasteiger partial charge in [-0.1, -0.05) is 30.3 Å². The molecule has 2 nitrogen and oxygen atoms in total. The fourth-order valence-corrected chi connectivity index (χ4v) is 2.84. The number of aryl methyl sites for hydroxylation is 1. The molecule has 2 aromatic heterocycles. The fourth-order valence-electron chi connectivity index (χ4n) is 2.84. The molecule has 4 aromatic rings. The number of benzene rings is 2. The summed E-state index contributed by atoms with van der Waals surface area (Å²) in [5, 5.41) is 0.351. The van der Waals surface area contributed by atoms with Gasteiger partial charge < -0.3 is 4.42 Å². The zero-order valence-corrected chi connectivity index (χ0v) is 12.7. The Morgan fingerprint density at radius 2 is 1.96 bits per heavy atom. The molecule has 4 rings (SSSR count). The van der Waals surface area contributed by atoms with Gasteiger partial charge in [-0.15, -0.1) is 0 Å². The number of hydrogen-bond donors (Lipinski definition) is 0. The normalized spacial score (nSPS) is 16.2. The number of furan rings is 1. The molecule has 0 aliphatic rings. The molecule has 0 atom stereocenters. The second-order valence-electron chi connectivity index (χ2n) is 5.52. The second-order valence-corrected chi connectivity index (χ2v) is 5.52. The smallest absolute Gasteiger partial charge is 0.393 e. The molecule has 0 saturated heterocycles. The topological polar surface area (TPSA) is 26.0 Å². The van der Waals surface area contributed by atoms with Crippen molar-refractivity contribution in [1.82, 2.24) is 4.98 Å². The average Bonchev–Trinajstić information content (AvgIpc) is 3.05. The van der Waals surface area contributed by atoms with E-state index in [0.717, 1.165) is 6.07 Å². The highest BCUT2D eigenvalue weighted by Gasteiger charge is 2.30. The third-order valence-electron chi connectivity index (χ3n) is 3.84. The van der Waals surface area contributed by atoms with Gasteiger partial charge in [-0.25, -0.2) is 0 Å². The first-order valence-corrected chi connectivity index (χ1v) is 7.39. The van der Waals surface area contributed by atoms with Crippen LogP contribution in [0, 0.1) is 6.85 Å². The van der Waals surface area contributed by atoms with Crippen molar-refractivity contribution in [3.05, 3.63) is 65.9 Å². The molecule has 0 aliphatic carbocycles. The Balaban J connectivity index is 2.02. The van der Waals surface area contributed by atoms with E-state index >= 15 is 0 Å². The fraction of sp³-hybridized carbons (Fsp3) is 0.150. The van der Waals surface area contributed by atoms with E-state index in [9.17, 15) is 13.2 Å². The number of aromatic nitrogens is 1. The quantitative estimate of drug-likeness (QED) is 0.441. The molecule has 0 bridgehead atoms. The Morgan fingerprint density at radius 1 is 1.12 bits per heavy atom. The van der Waals surface area contributed by atoms with Crippen molar-refractivity contribution in [2.45, 2.75) is 19.4 Å². The number of halogens is 3. The zero-order valence-electron chi connectivity index (χ0n) is 17.7. The molecular weight excluding hydrogens is 327 g/mol. The first-order valence-electron chi connectivity index (χ1n) is 9.89. The van der Waals surface area contributed by atoms with Crippen molar-refractivity contribution in [3.8, 4) is 11.3 Å². The van der Waals surface area contributed by atoms with Crippen LogP contribution in [0.15, 0.2) is 59.1 Å². The average molecular weight is 346 g/mol. The van der Waals surface area contributed by atoms with Gasteiger partial charge in [-0.3, -0.25) is 4.98 Å². The highest BCUT2D eigenvalue weighted by molar-refractivity contribution is 6.11. The summed E-state index contributed by atoms with van der Waals surface area (Å²) in [5.41, 5.74) is 0.454. The van der Waals surface area contributed by atoms with Crippen molar-refractivity contribution >= 4 is 21.9 Å².